The first-order valence-corrected chi connectivity index (χ1v) is 3.81. The number of hydrogen-bond acceptors (Lipinski definition) is 2. The summed E-state index contributed by atoms with van der Waals surface area (Å²) in [6, 6.07) is 6.01. The molecule has 1 aromatic carbocycles. The highest BCUT2D eigenvalue weighted by Crippen LogP contribution is 2.18. The quantitative estimate of drug-likeness (QED) is 0.626. The molecule has 0 amide bonds. The molecule has 2 rings (SSSR count). The lowest BCUT2D eigenvalue weighted by molar-refractivity contribution is 0.111. The van der Waals surface area contributed by atoms with E-state index < -0.39 is 0 Å². The third-order valence-electron chi connectivity index (χ3n) is 2.00. The first-order valence-electron chi connectivity index (χ1n) is 3.81. The Morgan fingerprint density at radius 2 is 2.08 bits per heavy atom. The number of rotatable bonds is 0. The first-order chi connectivity index (χ1) is 5.36. The highest BCUT2D eigenvalue weighted by Gasteiger charge is 2.07. The minimum Gasteiger partial charge on any atom is -0.399 e. The van der Waals surface area contributed by atoms with Crippen LogP contribution in [0.25, 0.3) is 0 Å². The summed E-state index contributed by atoms with van der Waals surface area (Å²) in [4.78, 5) is 0. The number of benzene rings is 1. The smallest absolute Gasteiger partial charge is 0.0719 e. The van der Waals surface area contributed by atoms with Crippen molar-refractivity contribution in [3.8, 4) is 0 Å². The summed E-state index contributed by atoms with van der Waals surface area (Å²) >= 11 is 0. The van der Waals surface area contributed by atoms with E-state index in [1.165, 1.54) is 11.1 Å². The third kappa shape index (κ3) is 1.71. The molecule has 12 heavy (non-hydrogen) atoms. The van der Waals surface area contributed by atoms with Gasteiger partial charge in [0.2, 0.25) is 0 Å². The van der Waals surface area contributed by atoms with E-state index in [1.807, 2.05) is 18.2 Å². The van der Waals surface area contributed by atoms with Gasteiger partial charge in [0.25, 0.3) is 0 Å². The number of anilines is 1. The lowest BCUT2D eigenvalue weighted by atomic mass is 10.0. The Balaban J connectivity index is 0.000000720. The van der Waals surface area contributed by atoms with Crippen LogP contribution in [0.3, 0.4) is 0 Å². The van der Waals surface area contributed by atoms with E-state index in [1.54, 1.807) is 0 Å². The second-order valence-electron chi connectivity index (χ2n) is 2.83. The molecule has 0 atom stereocenters. The first kappa shape index (κ1) is 9.36. The van der Waals surface area contributed by atoms with Gasteiger partial charge >= 0.3 is 0 Å². The van der Waals surface area contributed by atoms with Gasteiger partial charge in [0.1, 0.15) is 0 Å². The van der Waals surface area contributed by atoms with Crippen LogP contribution in [0.5, 0.6) is 0 Å². The maximum Gasteiger partial charge on any atom is 0.0719 e. The molecule has 0 saturated heterocycles. The van der Waals surface area contributed by atoms with Gasteiger partial charge in [-0.3, -0.25) is 0 Å². The predicted molar refractivity (Wildman–Crippen MR) is 51.5 cm³/mol. The zero-order valence-electron chi connectivity index (χ0n) is 6.75. The van der Waals surface area contributed by atoms with E-state index in [4.69, 9.17) is 10.5 Å². The van der Waals surface area contributed by atoms with Crippen LogP contribution >= 0.6 is 12.4 Å². The average molecular weight is 186 g/mol. The Kier molecular flexibility index (Phi) is 2.95. The largest absolute Gasteiger partial charge is 0.399 e. The molecule has 66 valence electrons. The summed E-state index contributed by atoms with van der Waals surface area (Å²) in [5.74, 6) is 0. The molecule has 0 saturated carbocycles. The zero-order chi connectivity index (χ0) is 7.68. The van der Waals surface area contributed by atoms with Crippen LogP contribution in [-0.4, -0.2) is 6.61 Å². The highest BCUT2D eigenvalue weighted by atomic mass is 35.5. The Morgan fingerprint density at radius 1 is 1.25 bits per heavy atom. The molecule has 0 fully saturated rings. The van der Waals surface area contributed by atoms with Gasteiger partial charge in [-0.25, -0.2) is 0 Å². The van der Waals surface area contributed by atoms with Crippen LogP contribution in [0, 0.1) is 0 Å². The van der Waals surface area contributed by atoms with E-state index in [9.17, 15) is 0 Å². The molecule has 0 radical (unpaired) electrons. The second kappa shape index (κ2) is 3.78. The van der Waals surface area contributed by atoms with Crippen molar-refractivity contribution in [3.63, 3.8) is 0 Å². The molecule has 1 aliphatic rings. The SMILES string of the molecule is Cl.Nc1ccc2c(c1)CCOC2. The fourth-order valence-electron chi connectivity index (χ4n) is 1.38. The Bertz CT molecular complexity index is 275. The Morgan fingerprint density at radius 3 is 2.92 bits per heavy atom. The second-order valence-corrected chi connectivity index (χ2v) is 2.83. The summed E-state index contributed by atoms with van der Waals surface area (Å²) in [5, 5.41) is 0. The van der Waals surface area contributed by atoms with Gasteiger partial charge in [0.15, 0.2) is 0 Å². The molecule has 0 unspecified atom stereocenters. The Labute approximate surface area is 78.1 Å². The fraction of sp³-hybridized carbons (Fsp3) is 0.333. The summed E-state index contributed by atoms with van der Waals surface area (Å²) < 4.78 is 5.29. The van der Waals surface area contributed by atoms with Crippen LogP contribution in [-0.2, 0) is 17.8 Å². The number of halogens is 1. The van der Waals surface area contributed by atoms with Crippen molar-refractivity contribution in [3.05, 3.63) is 29.3 Å². The molecular weight excluding hydrogens is 174 g/mol. The standard InChI is InChI=1S/C9H11NO.ClH/c10-9-2-1-8-6-11-4-3-7(8)5-9;/h1-2,5H,3-4,6,10H2;1H. The third-order valence-corrected chi connectivity index (χ3v) is 2.00. The van der Waals surface area contributed by atoms with E-state index in [-0.39, 0.29) is 12.4 Å². The van der Waals surface area contributed by atoms with Crippen LogP contribution in [0.1, 0.15) is 11.1 Å². The lowest BCUT2D eigenvalue weighted by Crippen LogP contribution is -2.09. The van der Waals surface area contributed by atoms with Crippen molar-refractivity contribution in [2.75, 3.05) is 12.3 Å². The average Bonchev–Trinajstić information content (AvgIpc) is 2.04. The monoisotopic (exact) mass is 185 g/mol. The van der Waals surface area contributed by atoms with Gasteiger partial charge in [0.05, 0.1) is 13.2 Å². The number of nitrogen functional groups attached to an aromatic ring is 1. The predicted octanol–water partition coefficient (Wildman–Crippen LogP) is 1.76. The summed E-state index contributed by atoms with van der Waals surface area (Å²) in [6.07, 6.45) is 1.00. The van der Waals surface area contributed by atoms with Crippen molar-refractivity contribution in [2.45, 2.75) is 13.0 Å². The van der Waals surface area contributed by atoms with Gasteiger partial charge in [-0.1, -0.05) is 6.07 Å². The van der Waals surface area contributed by atoms with E-state index in [0.29, 0.717) is 0 Å². The normalized spacial score (nSPS) is 14.7. The summed E-state index contributed by atoms with van der Waals surface area (Å²) in [6.45, 7) is 1.58. The maximum absolute atomic E-state index is 5.64. The van der Waals surface area contributed by atoms with Gasteiger partial charge in [-0.15, -0.1) is 12.4 Å². The summed E-state index contributed by atoms with van der Waals surface area (Å²) in [5.41, 5.74) is 9.12. The molecule has 2 N–H and O–H groups in total. The van der Waals surface area contributed by atoms with Gasteiger partial charge < -0.3 is 10.5 Å². The lowest BCUT2D eigenvalue weighted by Gasteiger charge is -2.16. The van der Waals surface area contributed by atoms with E-state index >= 15 is 0 Å². The molecule has 0 bridgehead atoms. The highest BCUT2D eigenvalue weighted by molar-refractivity contribution is 5.85. The van der Waals surface area contributed by atoms with Crippen molar-refractivity contribution >= 4 is 18.1 Å². The number of ether oxygens (including phenoxy) is 1. The molecule has 1 aliphatic heterocycles. The molecule has 0 spiro atoms. The molecule has 1 heterocycles. The van der Waals surface area contributed by atoms with Crippen LogP contribution in [0.15, 0.2) is 18.2 Å². The summed E-state index contributed by atoms with van der Waals surface area (Å²) in [7, 11) is 0. The van der Waals surface area contributed by atoms with Crippen LogP contribution in [0.2, 0.25) is 0 Å². The molecule has 0 aliphatic carbocycles. The molecular formula is C9H12ClNO. The molecule has 3 heteroatoms. The Hall–Kier alpha value is -0.730. The number of nitrogens with two attached hydrogens (primary N) is 1. The molecule has 0 aromatic heterocycles. The maximum atomic E-state index is 5.64. The topological polar surface area (TPSA) is 35.2 Å². The van der Waals surface area contributed by atoms with Gasteiger partial charge in [-0.2, -0.15) is 0 Å². The number of fused-ring (bicyclic) bond motifs is 1. The van der Waals surface area contributed by atoms with Gasteiger partial charge in [-0.05, 0) is 29.7 Å². The van der Waals surface area contributed by atoms with Crippen molar-refractivity contribution in [1.82, 2.24) is 0 Å². The minimum absolute atomic E-state index is 0. The fourth-order valence-corrected chi connectivity index (χ4v) is 1.38. The van der Waals surface area contributed by atoms with E-state index in [2.05, 4.69) is 0 Å². The van der Waals surface area contributed by atoms with E-state index in [0.717, 1.165) is 25.3 Å². The van der Waals surface area contributed by atoms with Crippen LogP contribution < -0.4 is 5.73 Å². The van der Waals surface area contributed by atoms with Crippen LogP contribution in [0.4, 0.5) is 5.69 Å². The minimum atomic E-state index is 0. The van der Waals surface area contributed by atoms with Crippen molar-refractivity contribution in [2.24, 2.45) is 0 Å². The molecule has 1 aromatic rings. The molecule has 2 nitrogen and oxygen atoms in total. The number of hydrogen-bond donors (Lipinski definition) is 1. The zero-order valence-corrected chi connectivity index (χ0v) is 7.56. The van der Waals surface area contributed by atoms with Gasteiger partial charge in [0, 0.05) is 5.69 Å². The van der Waals surface area contributed by atoms with Crippen molar-refractivity contribution < 1.29 is 4.74 Å². The van der Waals surface area contributed by atoms with Crippen molar-refractivity contribution in [1.29, 1.82) is 0 Å².